The Morgan fingerprint density at radius 3 is 1.38 bits per heavy atom. The van der Waals surface area contributed by atoms with Gasteiger partial charge in [-0.05, 0) is 5.92 Å². The van der Waals surface area contributed by atoms with Crippen molar-refractivity contribution in [2.45, 2.75) is 20.0 Å². The molecule has 0 heterocycles. The molecule has 0 unspecified atom stereocenters. The Kier molecular flexibility index (Phi) is 3.52. The van der Waals surface area contributed by atoms with Crippen molar-refractivity contribution in [3.8, 4) is 0 Å². The molecule has 0 radical (unpaired) electrons. The van der Waals surface area contributed by atoms with Crippen LogP contribution in [-0.4, -0.2) is 5.11 Å². The van der Waals surface area contributed by atoms with Crippen LogP contribution in [0.5, 0.6) is 0 Å². The molecule has 90 valence electrons. The number of halogens is 5. The largest absolute Gasteiger partial charge is 0.388 e. The Labute approximate surface area is 88.5 Å². The molecule has 1 aromatic rings. The van der Waals surface area contributed by atoms with Crippen LogP contribution in [0.1, 0.15) is 25.5 Å². The topological polar surface area (TPSA) is 20.2 Å². The van der Waals surface area contributed by atoms with E-state index < -0.39 is 46.7 Å². The zero-order valence-corrected chi connectivity index (χ0v) is 8.49. The van der Waals surface area contributed by atoms with E-state index in [0.29, 0.717) is 0 Å². The highest BCUT2D eigenvalue weighted by atomic mass is 19.2. The molecule has 0 amide bonds. The van der Waals surface area contributed by atoms with E-state index in [1.807, 2.05) is 0 Å². The summed E-state index contributed by atoms with van der Waals surface area (Å²) in [6.45, 7) is 2.78. The average Bonchev–Trinajstić information content (AvgIpc) is 2.23. The Hall–Kier alpha value is -1.17. The molecule has 1 atom stereocenters. The lowest BCUT2D eigenvalue weighted by Gasteiger charge is -2.17. The van der Waals surface area contributed by atoms with Gasteiger partial charge in [-0.2, -0.15) is 0 Å². The van der Waals surface area contributed by atoms with E-state index in [1.165, 1.54) is 13.8 Å². The fourth-order valence-electron chi connectivity index (χ4n) is 1.21. The van der Waals surface area contributed by atoms with Crippen LogP contribution in [0.4, 0.5) is 22.0 Å². The predicted octanol–water partition coefficient (Wildman–Crippen LogP) is 3.07. The molecule has 0 bridgehead atoms. The Morgan fingerprint density at radius 2 is 1.06 bits per heavy atom. The summed E-state index contributed by atoms with van der Waals surface area (Å²) in [7, 11) is 0. The lowest BCUT2D eigenvalue weighted by Crippen LogP contribution is -2.15. The van der Waals surface area contributed by atoms with Crippen molar-refractivity contribution >= 4 is 0 Å². The van der Waals surface area contributed by atoms with E-state index in [1.54, 1.807) is 0 Å². The van der Waals surface area contributed by atoms with Crippen LogP contribution in [-0.2, 0) is 0 Å². The van der Waals surface area contributed by atoms with Gasteiger partial charge in [0, 0.05) is 0 Å². The second-order valence-corrected chi connectivity index (χ2v) is 3.67. The van der Waals surface area contributed by atoms with Gasteiger partial charge in [0.1, 0.15) is 0 Å². The van der Waals surface area contributed by atoms with Crippen LogP contribution in [0.2, 0.25) is 0 Å². The van der Waals surface area contributed by atoms with E-state index in [2.05, 4.69) is 0 Å². The molecule has 0 spiro atoms. The number of aliphatic hydroxyl groups excluding tert-OH is 1. The predicted molar refractivity (Wildman–Crippen MR) is 46.0 cm³/mol. The standard InChI is InChI=1S/C10H9F5O/c1-3(2)10(16)4-5(11)7(13)9(15)8(14)6(4)12/h3,10,16H,1-2H3/t10-/m0/s1. The van der Waals surface area contributed by atoms with E-state index >= 15 is 0 Å². The van der Waals surface area contributed by atoms with Gasteiger partial charge in [0.2, 0.25) is 5.82 Å². The zero-order chi connectivity index (χ0) is 12.6. The van der Waals surface area contributed by atoms with Crippen LogP contribution in [0.15, 0.2) is 0 Å². The van der Waals surface area contributed by atoms with Crippen molar-refractivity contribution in [3.05, 3.63) is 34.6 Å². The molecule has 0 aliphatic carbocycles. The molecule has 1 N–H and O–H groups in total. The normalized spacial score (nSPS) is 13.3. The molecular formula is C10H9F5O. The number of hydrogen-bond donors (Lipinski definition) is 1. The molecular weight excluding hydrogens is 231 g/mol. The van der Waals surface area contributed by atoms with Gasteiger partial charge >= 0.3 is 0 Å². The number of benzene rings is 1. The lowest BCUT2D eigenvalue weighted by molar-refractivity contribution is 0.115. The molecule has 0 saturated carbocycles. The summed E-state index contributed by atoms with van der Waals surface area (Å²) < 4.78 is 64.4. The van der Waals surface area contributed by atoms with Crippen molar-refractivity contribution in [1.29, 1.82) is 0 Å². The monoisotopic (exact) mass is 240 g/mol. The number of hydrogen-bond acceptors (Lipinski definition) is 1. The molecule has 16 heavy (non-hydrogen) atoms. The third-order valence-electron chi connectivity index (χ3n) is 2.17. The van der Waals surface area contributed by atoms with Crippen LogP contribution in [0.3, 0.4) is 0 Å². The van der Waals surface area contributed by atoms with Crippen LogP contribution in [0.25, 0.3) is 0 Å². The second-order valence-electron chi connectivity index (χ2n) is 3.67. The molecule has 0 fully saturated rings. The summed E-state index contributed by atoms with van der Waals surface area (Å²) in [5, 5.41) is 9.36. The first kappa shape index (κ1) is 12.9. The quantitative estimate of drug-likeness (QED) is 0.478. The maximum Gasteiger partial charge on any atom is 0.200 e. The van der Waals surface area contributed by atoms with Crippen molar-refractivity contribution in [3.63, 3.8) is 0 Å². The van der Waals surface area contributed by atoms with Crippen LogP contribution >= 0.6 is 0 Å². The maximum atomic E-state index is 13.1. The van der Waals surface area contributed by atoms with Crippen LogP contribution in [0, 0.1) is 35.0 Å². The van der Waals surface area contributed by atoms with Gasteiger partial charge < -0.3 is 5.11 Å². The Balaban J connectivity index is 3.51. The molecule has 0 saturated heterocycles. The van der Waals surface area contributed by atoms with Crippen molar-refractivity contribution in [1.82, 2.24) is 0 Å². The highest BCUT2D eigenvalue weighted by Gasteiger charge is 2.30. The smallest absolute Gasteiger partial charge is 0.200 e. The molecule has 6 heteroatoms. The average molecular weight is 240 g/mol. The van der Waals surface area contributed by atoms with E-state index in [0.717, 1.165) is 0 Å². The maximum absolute atomic E-state index is 13.1. The van der Waals surface area contributed by atoms with Gasteiger partial charge in [-0.15, -0.1) is 0 Å². The summed E-state index contributed by atoms with van der Waals surface area (Å²) in [5.74, 6) is -11.0. The van der Waals surface area contributed by atoms with Gasteiger partial charge in [0.15, 0.2) is 23.3 Å². The molecule has 1 nitrogen and oxygen atoms in total. The minimum absolute atomic E-state index is 0.673. The van der Waals surface area contributed by atoms with Crippen LogP contribution < -0.4 is 0 Å². The molecule has 1 rings (SSSR count). The first-order valence-electron chi connectivity index (χ1n) is 4.48. The lowest BCUT2D eigenvalue weighted by atomic mass is 9.97. The highest BCUT2D eigenvalue weighted by molar-refractivity contribution is 5.26. The molecule has 0 aliphatic heterocycles. The van der Waals surface area contributed by atoms with Gasteiger partial charge in [0.05, 0.1) is 11.7 Å². The summed E-state index contributed by atoms with van der Waals surface area (Å²) in [5.41, 5.74) is -1.19. The molecule has 1 aromatic carbocycles. The highest BCUT2D eigenvalue weighted by Crippen LogP contribution is 2.31. The molecule has 0 aliphatic rings. The number of rotatable bonds is 2. The van der Waals surface area contributed by atoms with Crippen molar-refractivity contribution in [2.24, 2.45) is 5.92 Å². The van der Waals surface area contributed by atoms with E-state index in [-0.39, 0.29) is 0 Å². The van der Waals surface area contributed by atoms with Gasteiger partial charge in [-0.25, -0.2) is 22.0 Å². The Morgan fingerprint density at radius 1 is 0.750 bits per heavy atom. The van der Waals surface area contributed by atoms with Crippen molar-refractivity contribution < 1.29 is 27.1 Å². The van der Waals surface area contributed by atoms with E-state index in [9.17, 15) is 27.1 Å². The first-order chi connectivity index (χ1) is 7.29. The Bertz CT molecular complexity index is 387. The third-order valence-corrected chi connectivity index (χ3v) is 2.17. The summed E-state index contributed by atoms with van der Waals surface area (Å²) in [6, 6.07) is 0. The number of aliphatic hydroxyl groups is 1. The summed E-state index contributed by atoms with van der Waals surface area (Å²) in [6.07, 6.45) is -1.75. The minimum atomic E-state index is -2.23. The SMILES string of the molecule is CC(C)[C@H](O)c1c(F)c(F)c(F)c(F)c1F. The first-order valence-corrected chi connectivity index (χ1v) is 4.48. The minimum Gasteiger partial charge on any atom is -0.388 e. The fraction of sp³-hybridized carbons (Fsp3) is 0.400. The summed E-state index contributed by atoms with van der Waals surface area (Å²) >= 11 is 0. The zero-order valence-electron chi connectivity index (χ0n) is 8.49. The summed E-state index contributed by atoms with van der Waals surface area (Å²) in [4.78, 5) is 0. The van der Waals surface area contributed by atoms with E-state index in [4.69, 9.17) is 0 Å². The van der Waals surface area contributed by atoms with Gasteiger partial charge in [-0.1, -0.05) is 13.8 Å². The third kappa shape index (κ3) is 1.89. The van der Waals surface area contributed by atoms with Gasteiger partial charge in [0.25, 0.3) is 0 Å². The fourth-order valence-corrected chi connectivity index (χ4v) is 1.21. The van der Waals surface area contributed by atoms with Gasteiger partial charge in [-0.3, -0.25) is 0 Å². The molecule has 0 aromatic heterocycles. The second kappa shape index (κ2) is 4.37. The van der Waals surface area contributed by atoms with Crippen molar-refractivity contribution in [2.75, 3.05) is 0 Å².